The SMILES string of the molecule is CC#CC(=O)N1CCC(Cn2c(=O)n(-c3ccc(Oc4ccccc4)cc3)c3c(N)ncnc32)CC1. The molecule has 9 nitrogen and oxygen atoms in total. The third-order valence-corrected chi connectivity index (χ3v) is 6.38. The van der Waals surface area contributed by atoms with Crippen LogP contribution in [0.2, 0.25) is 0 Å². The number of nitrogens with zero attached hydrogens (tertiary/aromatic N) is 5. The van der Waals surface area contributed by atoms with Gasteiger partial charge in [0.25, 0.3) is 5.91 Å². The van der Waals surface area contributed by atoms with Crippen molar-refractivity contribution in [3.8, 4) is 29.0 Å². The minimum Gasteiger partial charge on any atom is -0.457 e. The molecule has 9 heteroatoms. The van der Waals surface area contributed by atoms with Crippen LogP contribution in [0.15, 0.2) is 65.7 Å². The van der Waals surface area contributed by atoms with E-state index < -0.39 is 0 Å². The van der Waals surface area contributed by atoms with Crippen molar-refractivity contribution in [2.24, 2.45) is 5.92 Å². The Balaban J connectivity index is 1.43. The second-order valence-electron chi connectivity index (χ2n) is 8.68. The number of hydrogen-bond acceptors (Lipinski definition) is 6. The lowest BCUT2D eigenvalue weighted by Gasteiger charge is -2.30. The van der Waals surface area contributed by atoms with Crippen LogP contribution in [-0.4, -0.2) is 43.0 Å². The van der Waals surface area contributed by atoms with Crippen LogP contribution in [0.25, 0.3) is 16.9 Å². The van der Waals surface area contributed by atoms with Crippen LogP contribution in [0.5, 0.6) is 11.5 Å². The number of anilines is 1. The highest BCUT2D eigenvalue weighted by Crippen LogP contribution is 2.26. The molecule has 0 saturated carbocycles. The van der Waals surface area contributed by atoms with Gasteiger partial charge in [-0.1, -0.05) is 24.1 Å². The van der Waals surface area contributed by atoms with Crippen LogP contribution in [-0.2, 0) is 11.3 Å². The van der Waals surface area contributed by atoms with Crippen molar-refractivity contribution in [3.63, 3.8) is 0 Å². The normalized spacial score (nSPS) is 13.9. The number of nitrogens with two attached hydrogens (primary N) is 1. The van der Waals surface area contributed by atoms with Crippen molar-refractivity contribution < 1.29 is 9.53 Å². The second kappa shape index (κ2) is 9.96. The summed E-state index contributed by atoms with van der Waals surface area (Å²) < 4.78 is 9.09. The number of carbonyl (C=O) groups is 1. The fourth-order valence-corrected chi connectivity index (χ4v) is 4.56. The van der Waals surface area contributed by atoms with E-state index in [-0.39, 0.29) is 23.3 Å². The molecule has 1 saturated heterocycles. The minimum atomic E-state index is -0.232. The zero-order valence-corrected chi connectivity index (χ0v) is 19.9. The average molecular weight is 483 g/mol. The summed E-state index contributed by atoms with van der Waals surface area (Å²) in [6.07, 6.45) is 2.93. The molecule has 0 aliphatic carbocycles. The maximum Gasteiger partial charge on any atom is 0.335 e. The van der Waals surface area contributed by atoms with Crippen LogP contribution >= 0.6 is 0 Å². The zero-order chi connectivity index (χ0) is 25.1. The Morgan fingerprint density at radius 2 is 1.75 bits per heavy atom. The highest BCUT2D eigenvalue weighted by atomic mass is 16.5. The quantitative estimate of drug-likeness (QED) is 0.438. The van der Waals surface area contributed by atoms with Gasteiger partial charge < -0.3 is 15.4 Å². The molecule has 0 atom stereocenters. The number of nitrogen functional groups attached to an aromatic ring is 1. The number of rotatable bonds is 5. The first-order valence-electron chi connectivity index (χ1n) is 11.8. The van der Waals surface area contributed by atoms with Crippen molar-refractivity contribution in [2.75, 3.05) is 18.8 Å². The predicted molar refractivity (Wildman–Crippen MR) is 137 cm³/mol. The molecule has 2 aromatic heterocycles. The van der Waals surface area contributed by atoms with Crippen LogP contribution in [0, 0.1) is 17.8 Å². The zero-order valence-electron chi connectivity index (χ0n) is 19.9. The lowest BCUT2D eigenvalue weighted by atomic mass is 9.96. The molecule has 5 rings (SSSR count). The fourth-order valence-electron chi connectivity index (χ4n) is 4.56. The summed E-state index contributed by atoms with van der Waals surface area (Å²) in [6, 6.07) is 16.7. The number of likely N-dealkylation sites (tertiary alicyclic amines) is 1. The van der Waals surface area contributed by atoms with Crippen molar-refractivity contribution in [1.29, 1.82) is 0 Å². The van der Waals surface area contributed by atoms with E-state index in [1.54, 1.807) is 21.0 Å². The molecule has 2 N–H and O–H groups in total. The third-order valence-electron chi connectivity index (χ3n) is 6.38. The van der Waals surface area contributed by atoms with Crippen molar-refractivity contribution >= 4 is 22.9 Å². The molecule has 182 valence electrons. The van der Waals surface area contributed by atoms with Gasteiger partial charge in [-0.25, -0.2) is 14.8 Å². The Labute approximate surface area is 208 Å². The first-order valence-corrected chi connectivity index (χ1v) is 11.8. The Morgan fingerprint density at radius 1 is 1.06 bits per heavy atom. The number of amides is 1. The topological polar surface area (TPSA) is 108 Å². The molecular weight excluding hydrogens is 456 g/mol. The van der Waals surface area contributed by atoms with E-state index >= 15 is 0 Å². The van der Waals surface area contributed by atoms with Crippen LogP contribution in [0.3, 0.4) is 0 Å². The standard InChI is InChI=1S/C27H26N6O3/c1-2-6-23(34)31-15-13-19(14-16-31)17-32-26-24(25(28)29-18-30-26)33(27(32)35)20-9-11-22(12-10-20)36-21-7-4-3-5-8-21/h3-5,7-12,18-19H,13-17H2,1H3,(H2,28,29,30). The number of para-hydroxylation sites is 1. The van der Waals surface area contributed by atoms with Crippen LogP contribution in [0.1, 0.15) is 19.8 Å². The van der Waals surface area contributed by atoms with E-state index in [1.165, 1.54) is 6.33 Å². The predicted octanol–water partition coefficient (Wildman–Crippen LogP) is 3.22. The summed E-state index contributed by atoms with van der Waals surface area (Å²) in [5.41, 5.74) is 7.60. The van der Waals surface area contributed by atoms with Gasteiger partial charge in [0, 0.05) is 19.6 Å². The molecule has 36 heavy (non-hydrogen) atoms. The van der Waals surface area contributed by atoms with Gasteiger partial charge >= 0.3 is 5.69 Å². The highest BCUT2D eigenvalue weighted by molar-refractivity contribution is 5.93. The van der Waals surface area contributed by atoms with E-state index in [0.29, 0.717) is 42.2 Å². The van der Waals surface area contributed by atoms with Crippen molar-refractivity contribution in [2.45, 2.75) is 26.3 Å². The summed E-state index contributed by atoms with van der Waals surface area (Å²) >= 11 is 0. The lowest BCUT2D eigenvalue weighted by Crippen LogP contribution is -2.39. The van der Waals surface area contributed by atoms with E-state index in [0.717, 1.165) is 18.6 Å². The molecule has 1 fully saturated rings. The molecule has 1 aliphatic heterocycles. The maximum absolute atomic E-state index is 13.6. The highest BCUT2D eigenvalue weighted by Gasteiger charge is 2.25. The van der Waals surface area contributed by atoms with Gasteiger partial charge in [-0.3, -0.25) is 13.9 Å². The molecule has 1 amide bonds. The Bertz CT molecular complexity index is 1500. The first-order chi connectivity index (χ1) is 17.5. The molecule has 1 aliphatic rings. The monoisotopic (exact) mass is 482 g/mol. The summed E-state index contributed by atoms with van der Waals surface area (Å²) in [6.45, 7) is 3.37. The van der Waals surface area contributed by atoms with Gasteiger partial charge in [0.05, 0.1) is 5.69 Å². The largest absolute Gasteiger partial charge is 0.457 e. The first kappa shape index (κ1) is 23.2. The van der Waals surface area contributed by atoms with Crippen molar-refractivity contribution in [3.05, 3.63) is 71.4 Å². The van der Waals surface area contributed by atoms with Gasteiger partial charge in [-0.15, -0.1) is 0 Å². The number of fused-ring (bicyclic) bond motifs is 1. The third kappa shape index (κ3) is 4.53. The van der Waals surface area contributed by atoms with E-state index in [1.807, 2.05) is 54.6 Å². The second-order valence-corrected chi connectivity index (χ2v) is 8.68. The summed E-state index contributed by atoms with van der Waals surface area (Å²) in [5.74, 6) is 6.94. The van der Waals surface area contributed by atoms with Gasteiger partial charge in [-0.2, -0.15) is 0 Å². The van der Waals surface area contributed by atoms with Gasteiger partial charge in [0.2, 0.25) is 0 Å². The molecule has 0 spiro atoms. The molecule has 0 radical (unpaired) electrons. The van der Waals surface area contributed by atoms with Crippen LogP contribution < -0.4 is 16.2 Å². The van der Waals surface area contributed by atoms with E-state index in [2.05, 4.69) is 21.8 Å². The Kier molecular flexibility index (Phi) is 6.41. The number of imidazole rings is 1. The summed E-state index contributed by atoms with van der Waals surface area (Å²) in [4.78, 5) is 36.0. The number of hydrogen-bond donors (Lipinski definition) is 1. The maximum atomic E-state index is 13.6. The number of carbonyl (C=O) groups excluding carboxylic acids is 1. The number of piperidine rings is 1. The molecule has 0 bridgehead atoms. The molecule has 0 unspecified atom stereocenters. The average Bonchev–Trinajstić information content (AvgIpc) is 3.18. The molecule has 4 aromatic rings. The molecule has 2 aromatic carbocycles. The van der Waals surface area contributed by atoms with Crippen molar-refractivity contribution in [1.82, 2.24) is 24.0 Å². The van der Waals surface area contributed by atoms with Gasteiger partial charge in [-0.05, 0) is 68.0 Å². The number of ether oxygens (including phenoxy) is 1. The number of aromatic nitrogens is 4. The Hall–Kier alpha value is -4.58. The lowest BCUT2D eigenvalue weighted by molar-refractivity contribution is -0.126. The smallest absolute Gasteiger partial charge is 0.335 e. The fraction of sp³-hybridized carbons (Fsp3) is 0.259. The van der Waals surface area contributed by atoms with E-state index in [9.17, 15) is 9.59 Å². The molecule has 3 heterocycles. The summed E-state index contributed by atoms with van der Waals surface area (Å²) in [5, 5.41) is 0. The number of benzene rings is 2. The van der Waals surface area contributed by atoms with Gasteiger partial charge in [0.1, 0.15) is 23.3 Å². The summed E-state index contributed by atoms with van der Waals surface area (Å²) in [7, 11) is 0. The minimum absolute atomic E-state index is 0.148. The van der Waals surface area contributed by atoms with E-state index in [4.69, 9.17) is 10.5 Å². The van der Waals surface area contributed by atoms with Crippen LogP contribution in [0.4, 0.5) is 5.82 Å². The van der Waals surface area contributed by atoms with Gasteiger partial charge in [0.15, 0.2) is 11.5 Å². The Morgan fingerprint density at radius 3 is 2.44 bits per heavy atom. The molecular formula is C27H26N6O3.